The van der Waals surface area contributed by atoms with Gasteiger partial charge in [-0.05, 0) is 37.1 Å². The van der Waals surface area contributed by atoms with Gasteiger partial charge >= 0.3 is 0 Å². The molecule has 2 nitrogen and oxygen atoms in total. The fourth-order valence-electron chi connectivity index (χ4n) is 2.77. The monoisotopic (exact) mass is 340 g/mol. The summed E-state index contributed by atoms with van der Waals surface area (Å²) in [7, 11) is -1.19. The summed E-state index contributed by atoms with van der Waals surface area (Å²) in [4.78, 5) is 1.72. The van der Waals surface area contributed by atoms with Crippen molar-refractivity contribution in [1.29, 1.82) is 0 Å². The van der Waals surface area contributed by atoms with Crippen LogP contribution in [0.1, 0.15) is 37.3 Å². The van der Waals surface area contributed by atoms with Crippen molar-refractivity contribution in [2.75, 3.05) is 0 Å². The van der Waals surface area contributed by atoms with Crippen molar-refractivity contribution in [1.82, 2.24) is 0 Å². The number of unbranched alkanes of at least 4 members (excludes halogenated alkanes) is 1. The molecule has 3 atom stereocenters. The highest BCUT2D eigenvalue weighted by molar-refractivity contribution is 7.89. The van der Waals surface area contributed by atoms with E-state index in [0.29, 0.717) is 0 Å². The summed E-state index contributed by atoms with van der Waals surface area (Å²) in [5, 5.41) is 0. The fraction of sp³-hybridized carbons (Fsp3) is 0.333. The molecule has 1 heterocycles. The van der Waals surface area contributed by atoms with E-state index in [4.69, 9.17) is 4.74 Å². The minimum absolute atomic E-state index is 0.0149. The van der Waals surface area contributed by atoms with Crippen LogP contribution in [0.15, 0.2) is 64.4 Å². The van der Waals surface area contributed by atoms with Crippen LogP contribution in [0, 0.1) is 6.92 Å². The van der Waals surface area contributed by atoms with Crippen LogP contribution in [0.4, 0.5) is 0 Å². The van der Waals surface area contributed by atoms with Crippen molar-refractivity contribution < 1.29 is 8.95 Å². The number of hydrogen-bond acceptors (Lipinski definition) is 2. The lowest BCUT2D eigenvalue weighted by Crippen LogP contribution is -2.06. The number of benzene rings is 2. The van der Waals surface area contributed by atoms with Crippen molar-refractivity contribution in [3.05, 3.63) is 70.6 Å². The van der Waals surface area contributed by atoms with Gasteiger partial charge in [-0.1, -0.05) is 67.8 Å². The zero-order chi connectivity index (χ0) is 16.9. The summed E-state index contributed by atoms with van der Waals surface area (Å²) in [6, 6.07) is 18.0. The summed E-state index contributed by atoms with van der Waals surface area (Å²) >= 11 is 0. The summed E-state index contributed by atoms with van der Waals surface area (Å²) < 4.78 is 19.0. The first-order chi connectivity index (χ1) is 11.7. The van der Waals surface area contributed by atoms with Crippen LogP contribution in [0.5, 0.6) is 0 Å². The molecule has 3 heteroatoms. The highest BCUT2D eigenvalue weighted by Crippen LogP contribution is 2.37. The summed E-state index contributed by atoms with van der Waals surface area (Å²) in [5.41, 5.74) is 2.24. The highest BCUT2D eigenvalue weighted by Gasteiger charge is 2.43. The first kappa shape index (κ1) is 17.1. The van der Waals surface area contributed by atoms with Crippen LogP contribution in [-0.4, -0.2) is 16.4 Å². The second-order valence-electron chi connectivity index (χ2n) is 6.28. The zero-order valence-corrected chi connectivity index (χ0v) is 15.1. The Hall–Kier alpha value is -1.71. The van der Waals surface area contributed by atoms with Gasteiger partial charge in [-0.15, -0.1) is 0 Å². The van der Waals surface area contributed by atoms with Gasteiger partial charge in [0.15, 0.2) is 0 Å². The van der Waals surface area contributed by atoms with Gasteiger partial charge in [0.1, 0.15) is 6.10 Å². The maximum atomic E-state index is 13.1. The number of hydrogen-bond donors (Lipinski definition) is 0. The lowest BCUT2D eigenvalue weighted by molar-refractivity contribution is 0.374. The SMILES string of the molecule is CCCC[C@@H]1O[C@H]1/C(=C\c1ccccc1)S(=O)c1ccc(C)cc1. The molecule has 0 amide bonds. The summed E-state index contributed by atoms with van der Waals surface area (Å²) in [6.07, 6.45) is 5.58. The van der Waals surface area contributed by atoms with Gasteiger partial charge in [0, 0.05) is 4.90 Å². The van der Waals surface area contributed by atoms with Crippen molar-refractivity contribution in [2.24, 2.45) is 0 Å². The largest absolute Gasteiger partial charge is 0.364 e. The van der Waals surface area contributed by atoms with Crippen LogP contribution >= 0.6 is 0 Å². The Morgan fingerprint density at radius 3 is 2.50 bits per heavy atom. The second-order valence-corrected chi connectivity index (χ2v) is 7.76. The Morgan fingerprint density at radius 1 is 1.12 bits per heavy atom. The van der Waals surface area contributed by atoms with Crippen LogP contribution in [0.2, 0.25) is 0 Å². The standard InChI is InChI=1S/C21H24O2S/c1-3-4-10-19-21(23-19)20(15-17-8-6-5-7-9-17)24(22)18-13-11-16(2)12-14-18/h5-9,11-15,19,21H,3-4,10H2,1-2H3/b20-15+/t19-,21+,24?/m0/s1. The van der Waals surface area contributed by atoms with E-state index in [1.54, 1.807) is 0 Å². The Kier molecular flexibility index (Phi) is 5.64. The van der Waals surface area contributed by atoms with Crippen LogP contribution in [-0.2, 0) is 15.5 Å². The fourth-order valence-corrected chi connectivity index (χ4v) is 4.09. The quantitative estimate of drug-likeness (QED) is 0.656. The van der Waals surface area contributed by atoms with Crippen LogP contribution in [0.3, 0.4) is 0 Å². The van der Waals surface area contributed by atoms with E-state index in [-0.39, 0.29) is 12.2 Å². The number of aryl methyl sites for hydroxylation is 1. The average Bonchev–Trinajstić information content (AvgIpc) is 3.38. The molecule has 0 aliphatic carbocycles. The molecule has 2 aromatic rings. The molecule has 0 N–H and O–H groups in total. The van der Waals surface area contributed by atoms with Gasteiger partial charge in [0.2, 0.25) is 0 Å². The first-order valence-corrected chi connectivity index (χ1v) is 9.74. The molecule has 1 unspecified atom stereocenters. The molecule has 24 heavy (non-hydrogen) atoms. The van der Waals surface area contributed by atoms with E-state index in [9.17, 15) is 4.21 Å². The normalized spacial score (nSPS) is 21.5. The van der Waals surface area contributed by atoms with Crippen LogP contribution < -0.4 is 0 Å². The molecule has 1 saturated heterocycles. The Bertz CT molecular complexity index is 719. The van der Waals surface area contributed by atoms with E-state index in [2.05, 4.69) is 6.92 Å². The third kappa shape index (κ3) is 4.22. The van der Waals surface area contributed by atoms with Gasteiger partial charge < -0.3 is 4.74 Å². The molecule has 1 aliphatic rings. The predicted octanol–water partition coefficient (Wildman–Crippen LogP) is 5.10. The van der Waals surface area contributed by atoms with Crippen molar-refractivity contribution in [2.45, 2.75) is 50.2 Å². The van der Waals surface area contributed by atoms with Gasteiger partial charge in [-0.2, -0.15) is 0 Å². The Morgan fingerprint density at radius 2 is 1.83 bits per heavy atom. The molecule has 0 spiro atoms. The molecule has 2 aromatic carbocycles. The van der Waals surface area contributed by atoms with Crippen molar-refractivity contribution >= 4 is 16.9 Å². The summed E-state index contributed by atoms with van der Waals surface area (Å²) in [6.45, 7) is 4.22. The Balaban J connectivity index is 1.86. The minimum atomic E-state index is -1.19. The predicted molar refractivity (Wildman–Crippen MR) is 100 cm³/mol. The Labute approximate surface area is 147 Å². The molecular weight excluding hydrogens is 316 g/mol. The molecule has 1 aliphatic heterocycles. The lowest BCUT2D eigenvalue weighted by atomic mass is 10.1. The third-order valence-electron chi connectivity index (χ3n) is 4.26. The molecule has 0 radical (unpaired) electrons. The minimum Gasteiger partial charge on any atom is -0.364 e. The molecular formula is C21H24O2S. The highest BCUT2D eigenvalue weighted by atomic mass is 32.2. The molecule has 0 aromatic heterocycles. The average molecular weight is 340 g/mol. The molecule has 0 saturated carbocycles. The van der Waals surface area contributed by atoms with E-state index >= 15 is 0 Å². The molecule has 126 valence electrons. The second kappa shape index (κ2) is 7.91. The molecule has 0 bridgehead atoms. The number of rotatable bonds is 7. The molecule has 3 rings (SSSR count). The zero-order valence-electron chi connectivity index (χ0n) is 14.3. The van der Waals surface area contributed by atoms with Crippen molar-refractivity contribution in [3.8, 4) is 0 Å². The maximum Gasteiger partial charge on any atom is 0.118 e. The maximum absolute atomic E-state index is 13.1. The smallest absolute Gasteiger partial charge is 0.118 e. The lowest BCUT2D eigenvalue weighted by Gasteiger charge is -2.07. The van der Waals surface area contributed by atoms with Gasteiger partial charge in [0.05, 0.1) is 21.8 Å². The van der Waals surface area contributed by atoms with Crippen LogP contribution in [0.25, 0.3) is 6.08 Å². The van der Waals surface area contributed by atoms with E-state index < -0.39 is 10.8 Å². The third-order valence-corrected chi connectivity index (χ3v) is 5.74. The first-order valence-electron chi connectivity index (χ1n) is 8.59. The van der Waals surface area contributed by atoms with Crippen molar-refractivity contribution in [3.63, 3.8) is 0 Å². The van der Waals surface area contributed by atoms with Gasteiger partial charge in [0.25, 0.3) is 0 Å². The van der Waals surface area contributed by atoms with Gasteiger partial charge in [-0.25, -0.2) is 4.21 Å². The molecule has 1 fully saturated rings. The number of epoxide rings is 1. The van der Waals surface area contributed by atoms with Gasteiger partial charge in [-0.3, -0.25) is 0 Å². The van der Waals surface area contributed by atoms with E-state index in [1.165, 1.54) is 5.56 Å². The number of ether oxygens (including phenoxy) is 1. The summed E-state index contributed by atoms with van der Waals surface area (Å²) in [5.74, 6) is 0. The van der Waals surface area contributed by atoms with E-state index in [0.717, 1.165) is 34.6 Å². The topological polar surface area (TPSA) is 29.6 Å². The van der Waals surface area contributed by atoms with E-state index in [1.807, 2.05) is 67.6 Å².